The summed E-state index contributed by atoms with van der Waals surface area (Å²) in [5.41, 5.74) is 5.36. The molecule has 5 nitrogen and oxygen atoms in total. The summed E-state index contributed by atoms with van der Waals surface area (Å²) in [5.74, 6) is -0.722. The molecule has 0 saturated carbocycles. The summed E-state index contributed by atoms with van der Waals surface area (Å²) in [6.07, 6.45) is 2.45. The molecule has 116 valence electrons. The number of hydrogen-bond acceptors (Lipinski definition) is 4. The molecule has 1 fully saturated rings. The molecule has 0 bridgehead atoms. The van der Waals surface area contributed by atoms with Gasteiger partial charge in [0.25, 0.3) is 0 Å². The monoisotopic (exact) mass is 333 g/mol. The van der Waals surface area contributed by atoms with E-state index in [1.54, 1.807) is 6.07 Å². The first kappa shape index (κ1) is 17.9. The van der Waals surface area contributed by atoms with Gasteiger partial charge in [0.05, 0.1) is 10.5 Å². The Bertz CT molecular complexity index is 645. The van der Waals surface area contributed by atoms with Gasteiger partial charge in [-0.1, -0.05) is 6.42 Å². The molecule has 0 amide bonds. The lowest BCUT2D eigenvalue weighted by atomic mass is 10.1. The van der Waals surface area contributed by atoms with Crippen LogP contribution >= 0.6 is 12.4 Å². The fourth-order valence-corrected chi connectivity index (χ4v) is 4.14. The summed E-state index contributed by atoms with van der Waals surface area (Å²) in [7, 11) is -3.74. The largest absolute Gasteiger partial charge is 0.329 e. The van der Waals surface area contributed by atoms with E-state index in [-0.39, 0.29) is 35.5 Å². The summed E-state index contributed by atoms with van der Waals surface area (Å²) in [6.45, 7) is 0.662. The predicted molar refractivity (Wildman–Crippen MR) is 78.9 cm³/mol. The third kappa shape index (κ3) is 3.52. The van der Waals surface area contributed by atoms with Crippen molar-refractivity contribution in [3.63, 3.8) is 0 Å². The molecule has 0 aliphatic carbocycles. The van der Waals surface area contributed by atoms with E-state index in [0.29, 0.717) is 6.54 Å². The van der Waals surface area contributed by atoms with E-state index >= 15 is 0 Å². The van der Waals surface area contributed by atoms with Crippen LogP contribution in [0.25, 0.3) is 0 Å². The lowest BCUT2D eigenvalue weighted by Crippen LogP contribution is -2.47. The SMILES string of the molecule is Cl.N#Cc1cc(S(=O)(=O)N2CCCCC2CN)ccc1F. The number of sulfonamides is 1. The molecule has 1 aliphatic rings. The average Bonchev–Trinajstić information content (AvgIpc) is 2.47. The third-order valence-electron chi connectivity index (χ3n) is 3.51. The Kier molecular flexibility index (Phi) is 6.10. The van der Waals surface area contributed by atoms with Crippen LogP contribution in [0, 0.1) is 17.1 Å². The lowest BCUT2D eigenvalue weighted by molar-refractivity contribution is 0.257. The van der Waals surface area contributed by atoms with Crippen LogP contribution in [0.1, 0.15) is 24.8 Å². The molecule has 0 aromatic heterocycles. The molecule has 2 rings (SSSR count). The summed E-state index contributed by atoms with van der Waals surface area (Å²) in [6, 6.07) is 4.69. The molecule has 1 aromatic carbocycles. The number of halogens is 2. The summed E-state index contributed by atoms with van der Waals surface area (Å²) in [5, 5.41) is 8.80. The van der Waals surface area contributed by atoms with Gasteiger partial charge in [0.2, 0.25) is 10.0 Å². The Morgan fingerprint density at radius 2 is 2.14 bits per heavy atom. The number of nitrogens with two attached hydrogens (primary N) is 1. The van der Waals surface area contributed by atoms with Gasteiger partial charge in [-0.2, -0.15) is 9.57 Å². The molecule has 0 radical (unpaired) electrons. The van der Waals surface area contributed by atoms with Gasteiger partial charge in [-0.3, -0.25) is 0 Å². The zero-order valence-electron chi connectivity index (χ0n) is 11.3. The highest BCUT2D eigenvalue weighted by molar-refractivity contribution is 7.89. The maximum Gasteiger partial charge on any atom is 0.243 e. The van der Waals surface area contributed by atoms with Crippen LogP contribution < -0.4 is 5.73 Å². The van der Waals surface area contributed by atoms with E-state index in [1.165, 1.54) is 10.4 Å². The molecule has 1 heterocycles. The van der Waals surface area contributed by atoms with Crippen molar-refractivity contribution in [1.82, 2.24) is 4.31 Å². The van der Waals surface area contributed by atoms with E-state index in [4.69, 9.17) is 11.0 Å². The lowest BCUT2D eigenvalue weighted by Gasteiger charge is -2.33. The highest BCUT2D eigenvalue weighted by Gasteiger charge is 2.33. The number of rotatable bonds is 3. The number of piperidine rings is 1. The highest BCUT2D eigenvalue weighted by Crippen LogP contribution is 2.25. The van der Waals surface area contributed by atoms with Crippen LogP contribution in [0.15, 0.2) is 23.1 Å². The average molecular weight is 334 g/mol. The molecule has 21 heavy (non-hydrogen) atoms. The fraction of sp³-hybridized carbons (Fsp3) is 0.462. The highest BCUT2D eigenvalue weighted by atomic mass is 35.5. The molecule has 1 unspecified atom stereocenters. The number of hydrogen-bond donors (Lipinski definition) is 1. The van der Waals surface area contributed by atoms with Crippen molar-refractivity contribution in [2.75, 3.05) is 13.1 Å². The van der Waals surface area contributed by atoms with Crippen LogP contribution in [0.5, 0.6) is 0 Å². The van der Waals surface area contributed by atoms with Crippen LogP contribution in [0.3, 0.4) is 0 Å². The Hall–Kier alpha value is -1.20. The maximum absolute atomic E-state index is 13.3. The van der Waals surface area contributed by atoms with Gasteiger partial charge in [-0.05, 0) is 31.0 Å². The van der Waals surface area contributed by atoms with E-state index in [1.807, 2.05) is 0 Å². The minimum atomic E-state index is -3.74. The fourth-order valence-electron chi connectivity index (χ4n) is 2.41. The summed E-state index contributed by atoms with van der Waals surface area (Å²) in [4.78, 5) is -0.0594. The summed E-state index contributed by atoms with van der Waals surface area (Å²) < 4.78 is 39.8. The van der Waals surface area contributed by atoms with E-state index in [0.717, 1.165) is 31.4 Å². The molecular weight excluding hydrogens is 317 g/mol. The van der Waals surface area contributed by atoms with Crippen molar-refractivity contribution in [3.05, 3.63) is 29.6 Å². The van der Waals surface area contributed by atoms with E-state index < -0.39 is 15.8 Å². The van der Waals surface area contributed by atoms with Crippen LogP contribution in [0.4, 0.5) is 4.39 Å². The van der Waals surface area contributed by atoms with E-state index in [2.05, 4.69) is 0 Å². The molecule has 0 spiro atoms. The van der Waals surface area contributed by atoms with Crippen LogP contribution in [-0.4, -0.2) is 31.9 Å². The molecule has 1 aromatic rings. The predicted octanol–water partition coefficient (Wildman–Crippen LogP) is 1.62. The van der Waals surface area contributed by atoms with Gasteiger partial charge in [-0.15, -0.1) is 12.4 Å². The van der Waals surface area contributed by atoms with Gasteiger partial charge in [-0.25, -0.2) is 12.8 Å². The molecule has 8 heteroatoms. The first-order valence-electron chi connectivity index (χ1n) is 6.42. The van der Waals surface area contributed by atoms with Gasteiger partial charge in [0.1, 0.15) is 11.9 Å². The van der Waals surface area contributed by atoms with Gasteiger partial charge in [0.15, 0.2) is 0 Å². The van der Waals surface area contributed by atoms with Crippen molar-refractivity contribution in [2.24, 2.45) is 5.73 Å². The zero-order chi connectivity index (χ0) is 14.8. The smallest absolute Gasteiger partial charge is 0.243 e. The van der Waals surface area contributed by atoms with Crippen molar-refractivity contribution < 1.29 is 12.8 Å². The zero-order valence-corrected chi connectivity index (χ0v) is 13.0. The van der Waals surface area contributed by atoms with Crippen molar-refractivity contribution in [1.29, 1.82) is 5.26 Å². The second kappa shape index (κ2) is 7.18. The maximum atomic E-state index is 13.3. The molecular formula is C13H17ClFN3O2S. The topological polar surface area (TPSA) is 87.2 Å². The van der Waals surface area contributed by atoms with Gasteiger partial charge < -0.3 is 5.73 Å². The second-order valence-electron chi connectivity index (χ2n) is 4.75. The van der Waals surface area contributed by atoms with Crippen molar-refractivity contribution in [2.45, 2.75) is 30.2 Å². The first-order valence-corrected chi connectivity index (χ1v) is 7.86. The van der Waals surface area contributed by atoms with Crippen LogP contribution in [-0.2, 0) is 10.0 Å². The van der Waals surface area contributed by atoms with E-state index in [9.17, 15) is 12.8 Å². The number of benzene rings is 1. The van der Waals surface area contributed by atoms with Crippen LogP contribution in [0.2, 0.25) is 0 Å². The minimum Gasteiger partial charge on any atom is -0.329 e. The van der Waals surface area contributed by atoms with Crippen molar-refractivity contribution >= 4 is 22.4 Å². The second-order valence-corrected chi connectivity index (χ2v) is 6.65. The molecule has 1 atom stereocenters. The molecule has 1 saturated heterocycles. The number of nitriles is 1. The normalized spacial score (nSPS) is 19.6. The Balaban J connectivity index is 0.00000220. The minimum absolute atomic E-state index is 0. The molecule has 2 N–H and O–H groups in total. The standard InChI is InChI=1S/C13H16FN3O2S.ClH/c14-13-5-4-12(7-10(13)8-15)20(18,19)17-6-2-1-3-11(17)9-16;/h4-5,7,11H,1-3,6,9,16H2;1H. The summed E-state index contributed by atoms with van der Waals surface area (Å²) >= 11 is 0. The molecule has 1 aliphatic heterocycles. The third-order valence-corrected chi connectivity index (χ3v) is 5.46. The number of nitrogens with zero attached hydrogens (tertiary/aromatic N) is 2. The van der Waals surface area contributed by atoms with Crippen molar-refractivity contribution in [3.8, 4) is 6.07 Å². The Morgan fingerprint density at radius 1 is 1.43 bits per heavy atom. The Morgan fingerprint density at radius 3 is 2.76 bits per heavy atom. The quantitative estimate of drug-likeness (QED) is 0.910. The first-order chi connectivity index (χ1) is 9.50. The van der Waals surface area contributed by atoms with Gasteiger partial charge >= 0.3 is 0 Å². The Labute approximate surface area is 130 Å². The van der Waals surface area contributed by atoms with Gasteiger partial charge in [0, 0.05) is 19.1 Å².